The minimum Gasteiger partial charge on any atom is -0.497 e. The summed E-state index contributed by atoms with van der Waals surface area (Å²) >= 11 is 0. The van der Waals surface area contributed by atoms with Gasteiger partial charge in [-0.25, -0.2) is 4.79 Å². The molecule has 0 fully saturated rings. The van der Waals surface area contributed by atoms with Crippen LogP contribution in [0, 0.1) is 13.8 Å². The molecule has 5 heteroatoms. The summed E-state index contributed by atoms with van der Waals surface area (Å²) in [6.07, 6.45) is 0. The van der Waals surface area contributed by atoms with E-state index in [0.29, 0.717) is 11.3 Å². The average molecular weight is 327 g/mol. The number of benzene rings is 2. The molecule has 0 aromatic heterocycles. The van der Waals surface area contributed by atoms with Crippen LogP contribution in [0.15, 0.2) is 36.4 Å². The monoisotopic (exact) mass is 327 g/mol. The van der Waals surface area contributed by atoms with Crippen LogP contribution in [0.25, 0.3) is 0 Å². The standard InChI is InChI=1S/C19H21NO4/c1-11-9-12(2)17(10-16(11)19(22)23)20-18(21)13(3)14-5-7-15(24-4)8-6-14/h5-10,13H,1-4H3,(H,20,21)(H,22,23). The molecule has 0 saturated carbocycles. The van der Waals surface area contributed by atoms with Gasteiger partial charge >= 0.3 is 5.97 Å². The van der Waals surface area contributed by atoms with E-state index in [9.17, 15) is 14.7 Å². The first kappa shape index (κ1) is 17.5. The lowest BCUT2D eigenvalue weighted by molar-refractivity contribution is -0.117. The van der Waals surface area contributed by atoms with E-state index in [1.807, 2.05) is 19.1 Å². The second-order valence-corrected chi connectivity index (χ2v) is 5.77. The Kier molecular flexibility index (Phi) is 5.24. The Morgan fingerprint density at radius 3 is 2.25 bits per heavy atom. The molecule has 2 aromatic carbocycles. The van der Waals surface area contributed by atoms with Crippen molar-refractivity contribution >= 4 is 17.6 Å². The molecule has 2 N–H and O–H groups in total. The van der Waals surface area contributed by atoms with Crippen LogP contribution in [0.2, 0.25) is 0 Å². The topological polar surface area (TPSA) is 75.6 Å². The van der Waals surface area contributed by atoms with Crippen molar-refractivity contribution in [1.82, 2.24) is 0 Å². The number of hydrogen-bond donors (Lipinski definition) is 2. The first-order chi connectivity index (χ1) is 11.3. The lowest BCUT2D eigenvalue weighted by Gasteiger charge is -2.16. The molecule has 0 saturated heterocycles. The van der Waals surface area contributed by atoms with Crippen molar-refractivity contribution in [3.63, 3.8) is 0 Å². The van der Waals surface area contributed by atoms with Crippen LogP contribution < -0.4 is 10.1 Å². The van der Waals surface area contributed by atoms with Crippen LogP contribution in [0.4, 0.5) is 5.69 Å². The van der Waals surface area contributed by atoms with Crippen LogP contribution in [-0.2, 0) is 4.79 Å². The highest BCUT2D eigenvalue weighted by atomic mass is 16.5. The van der Waals surface area contributed by atoms with Crippen LogP contribution in [0.3, 0.4) is 0 Å². The molecule has 0 aliphatic heterocycles. The molecule has 1 atom stereocenters. The van der Waals surface area contributed by atoms with Gasteiger partial charge in [0.2, 0.25) is 5.91 Å². The molecule has 24 heavy (non-hydrogen) atoms. The van der Waals surface area contributed by atoms with Gasteiger partial charge in [-0.05, 0) is 55.7 Å². The molecule has 0 bridgehead atoms. The number of methoxy groups -OCH3 is 1. The molecular weight excluding hydrogens is 306 g/mol. The molecule has 1 amide bonds. The Hall–Kier alpha value is -2.82. The number of aryl methyl sites for hydroxylation is 2. The molecule has 2 rings (SSSR count). The Morgan fingerprint density at radius 1 is 1.08 bits per heavy atom. The zero-order chi connectivity index (χ0) is 17.9. The number of aromatic carboxylic acids is 1. The molecule has 5 nitrogen and oxygen atoms in total. The third-order valence-corrected chi connectivity index (χ3v) is 4.07. The Morgan fingerprint density at radius 2 is 1.71 bits per heavy atom. The molecule has 1 unspecified atom stereocenters. The van der Waals surface area contributed by atoms with E-state index in [1.54, 1.807) is 39.2 Å². The van der Waals surface area contributed by atoms with Gasteiger partial charge in [0.25, 0.3) is 0 Å². The number of carboxylic acids is 1. The highest BCUT2D eigenvalue weighted by Gasteiger charge is 2.18. The Bertz CT molecular complexity index is 766. The lowest BCUT2D eigenvalue weighted by Crippen LogP contribution is -2.20. The van der Waals surface area contributed by atoms with Gasteiger partial charge in [-0.15, -0.1) is 0 Å². The Balaban J connectivity index is 2.22. The van der Waals surface area contributed by atoms with Gasteiger partial charge in [0.05, 0.1) is 18.6 Å². The number of carbonyl (C=O) groups is 2. The summed E-state index contributed by atoms with van der Waals surface area (Å²) in [5, 5.41) is 12.1. The maximum Gasteiger partial charge on any atom is 0.336 e. The van der Waals surface area contributed by atoms with Gasteiger partial charge in [-0.1, -0.05) is 18.2 Å². The van der Waals surface area contributed by atoms with E-state index in [0.717, 1.165) is 16.9 Å². The van der Waals surface area contributed by atoms with E-state index in [2.05, 4.69) is 5.32 Å². The van der Waals surface area contributed by atoms with Gasteiger partial charge < -0.3 is 15.2 Å². The molecule has 126 valence electrons. The fourth-order valence-electron chi connectivity index (χ4n) is 2.50. The normalized spacial score (nSPS) is 11.7. The molecular formula is C19H21NO4. The van der Waals surface area contributed by atoms with Gasteiger partial charge in [-0.3, -0.25) is 4.79 Å². The molecule has 0 aliphatic carbocycles. The summed E-state index contributed by atoms with van der Waals surface area (Å²) in [6, 6.07) is 10.6. The lowest BCUT2D eigenvalue weighted by atomic mass is 9.99. The van der Waals surface area contributed by atoms with Crippen LogP contribution in [0.5, 0.6) is 5.75 Å². The number of rotatable bonds is 5. The zero-order valence-electron chi connectivity index (χ0n) is 14.2. The summed E-state index contributed by atoms with van der Waals surface area (Å²) in [6.45, 7) is 5.38. The zero-order valence-corrected chi connectivity index (χ0v) is 14.2. The van der Waals surface area contributed by atoms with Crippen molar-refractivity contribution in [2.24, 2.45) is 0 Å². The SMILES string of the molecule is COc1ccc(C(C)C(=O)Nc2cc(C(=O)O)c(C)cc2C)cc1. The predicted molar refractivity (Wildman–Crippen MR) is 92.9 cm³/mol. The highest BCUT2D eigenvalue weighted by molar-refractivity contribution is 5.98. The van der Waals surface area contributed by atoms with Crippen molar-refractivity contribution < 1.29 is 19.4 Å². The number of nitrogens with one attached hydrogen (secondary N) is 1. The molecule has 2 aromatic rings. The van der Waals surface area contributed by atoms with Crippen LogP contribution in [0.1, 0.15) is 39.9 Å². The van der Waals surface area contributed by atoms with E-state index in [4.69, 9.17) is 4.74 Å². The quantitative estimate of drug-likeness (QED) is 0.877. The number of anilines is 1. The summed E-state index contributed by atoms with van der Waals surface area (Å²) in [4.78, 5) is 23.8. The van der Waals surface area contributed by atoms with E-state index < -0.39 is 5.97 Å². The van der Waals surface area contributed by atoms with Crippen molar-refractivity contribution in [2.45, 2.75) is 26.7 Å². The van der Waals surface area contributed by atoms with Gasteiger partial charge in [0.1, 0.15) is 5.75 Å². The van der Waals surface area contributed by atoms with Crippen molar-refractivity contribution in [3.05, 3.63) is 58.7 Å². The van der Waals surface area contributed by atoms with E-state index in [-0.39, 0.29) is 17.4 Å². The third-order valence-electron chi connectivity index (χ3n) is 4.07. The predicted octanol–water partition coefficient (Wildman–Crippen LogP) is 3.75. The Labute approximate surface area is 141 Å². The van der Waals surface area contributed by atoms with Crippen molar-refractivity contribution in [1.29, 1.82) is 0 Å². The first-order valence-corrected chi connectivity index (χ1v) is 7.62. The largest absolute Gasteiger partial charge is 0.497 e. The average Bonchev–Trinajstić information content (AvgIpc) is 2.56. The van der Waals surface area contributed by atoms with Gasteiger partial charge in [0.15, 0.2) is 0 Å². The van der Waals surface area contributed by atoms with E-state index >= 15 is 0 Å². The second-order valence-electron chi connectivity index (χ2n) is 5.77. The second kappa shape index (κ2) is 7.17. The minimum absolute atomic E-state index is 0.188. The fraction of sp³-hybridized carbons (Fsp3) is 0.263. The van der Waals surface area contributed by atoms with Crippen LogP contribution >= 0.6 is 0 Å². The van der Waals surface area contributed by atoms with Gasteiger partial charge in [-0.2, -0.15) is 0 Å². The summed E-state index contributed by atoms with van der Waals surface area (Å²) in [5.74, 6) is -0.841. The molecule has 0 aliphatic rings. The maximum atomic E-state index is 12.5. The smallest absolute Gasteiger partial charge is 0.336 e. The number of ether oxygens (including phenoxy) is 1. The van der Waals surface area contributed by atoms with E-state index in [1.165, 1.54) is 6.07 Å². The summed E-state index contributed by atoms with van der Waals surface area (Å²) in [5.41, 5.74) is 3.06. The highest BCUT2D eigenvalue weighted by Crippen LogP contribution is 2.24. The first-order valence-electron chi connectivity index (χ1n) is 7.62. The van der Waals surface area contributed by atoms with Crippen LogP contribution in [-0.4, -0.2) is 24.1 Å². The van der Waals surface area contributed by atoms with Crippen molar-refractivity contribution in [2.75, 3.05) is 12.4 Å². The number of carboxylic acid groups (broad SMARTS) is 1. The number of hydrogen-bond acceptors (Lipinski definition) is 3. The van der Waals surface area contributed by atoms with Gasteiger partial charge in [0, 0.05) is 5.69 Å². The molecule has 0 heterocycles. The van der Waals surface area contributed by atoms with Crippen molar-refractivity contribution in [3.8, 4) is 5.75 Å². The molecule has 0 spiro atoms. The minimum atomic E-state index is -1.01. The summed E-state index contributed by atoms with van der Waals surface area (Å²) < 4.78 is 5.11. The molecule has 0 radical (unpaired) electrons. The summed E-state index contributed by atoms with van der Waals surface area (Å²) in [7, 11) is 1.59. The maximum absolute atomic E-state index is 12.5. The number of amides is 1. The number of carbonyl (C=O) groups excluding carboxylic acids is 1. The third kappa shape index (κ3) is 3.74. The fourth-order valence-corrected chi connectivity index (χ4v) is 2.50.